The summed E-state index contributed by atoms with van der Waals surface area (Å²) in [5.74, 6) is 1.00. The fraction of sp³-hybridized carbons (Fsp3) is 0.579. The van der Waals surface area contributed by atoms with Gasteiger partial charge < -0.3 is 9.64 Å². The van der Waals surface area contributed by atoms with Gasteiger partial charge in [-0.1, -0.05) is 12.1 Å². The van der Waals surface area contributed by atoms with E-state index in [1.807, 2.05) is 19.2 Å². The van der Waals surface area contributed by atoms with Gasteiger partial charge in [0.25, 0.3) is 0 Å². The van der Waals surface area contributed by atoms with Crippen molar-refractivity contribution in [2.24, 2.45) is 0 Å². The lowest BCUT2D eigenvalue weighted by Gasteiger charge is -2.51. The van der Waals surface area contributed by atoms with Crippen molar-refractivity contribution in [1.82, 2.24) is 14.7 Å². The van der Waals surface area contributed by atoms with Crippen molar-refractivity contribution < 1.29 is 9.53 Å². The van der Waals surface area contributed by atoms with E-state index in [-0.39, 0.29) is 12.5 Å². The van der Waals surface area contributed by atoms with E-state index in [0.717, 1.165) is 44.8 Å². The summed E-state index contributed by atoms with van der Waals surface area (Å²) >= 11 is 0. The first-order chi connectivity index (χ1) is 12.1. The minimum Gasteiger partial charge on any atom is -0.497 e. The molecule has 25 heavy (non-hydrogen) atoms. The molecule has 0 atom stereocenters. The molecule has 2 fully saturated rings. The Hall–Kier alpha value is -2.10. The smallest absolute Gasteiger partial charge is 0.244 e. The summed E-state index contributed by atoms with van der Waals surface area (Å²) in [6.45, 7) is 4.32. The van der Waals surface area contributed by atoms with Gasteiger partial charge in [-0.15, -0.1) is 0 Å². The molecule has 2 heterocycles. The molecule has 1 aromatic rings. The van der Waals surface area contributed by atoms with Crippen LogP contribution in [0.1, 0.15) is 18.4 Å². The third-order valence-electron chi connectivity index (χ3n) is 5.61. The number of likely N-dealkylation sites (N-methyl/N-ethyl adjacent to an activating group) is 1. The predicted molar refractivity (Wildman–Crippen MR) is 95.1 cm³/mol. The standard InChI is InChI=1S/C19H26N4O2/c1-21-12-13-23(11-8-20)18(24)19(21)6-9-22(10-7-19)15-16-4-3-5-17(14-16)25-2/h3-5,14H,6-7,9-13,15H2,1-2H3. The van der Waals surface area contributed by atoms with Gasteiger partial charge in [0, 0.05) is 32.7 Å². The number of hydrogen-bond donors (Lipinski definition) is 0. The summed E-state index contributed by atoms with van der Waals surface area (Å²) in [5.41, 5.74) is 0.796. The van der Waals surface area contributed by atoms with Crippen LogP contribution < -0.4 is 4.74 Å². The van der Waals surface area contributed by atoms with Crippen LogP contribution in [0.15, 0.2) is 24.3 Å². The predicted octanol–water partition coefficient (Wildman–Crippen LogP) is 1.33. The molecule has 1 amide bonds. The van der Waals surface area contributed by atoms with Crippen LogP contribution in [0.4, 0.5) is 0 Å². The molecule has 2 saturated heterocycles. The summed E-state index contributed by atoms with van der Waals surface area (Å²) in [6.07, 6.45) is 1.63. The van der Waals surface area contributed by atoms with Gasteiger partial charge in [0.15, 0.2) is 0 Å². The molecule has 0 aromatic heterocycles. The average molecular weight is 342 g/mol. The zero-order valence-corrected chi connectivity index (χ0v) is 15.1. The van der Waals surface area contributed by atoms with Crippen LogP contribution in [-0.2, 0) is 11.3 Å². The number of nitrogens with zero attached hydrogens (tertiary/aromatic N) is 4. The molecule has 1 spiro atoms. The van der Waals surface area contributed by atoms with Crippen molar-refractivity contribution in [2.75, 3.05) is 46.9 Å². The number of piperidine rings is 1. The van der Waals surface area contributed by atoms with E-state index in [4.69, 9.17) is 10.00 Å². The van der Waals surface area contributed by atoms with E-state index in [0.29, 0.717) is 6.54 Å². The molecule has 1 aromatic carbocycles. The minimum atomic E-state index is -0.431. The fourth-order valence-electron chi connectivity index (χ4n) is 3.99. The van der Waals surface area contributed by atoms with Gasteiger partial charge in [-0.2, -0.15) is 5.26 Å². The summed E-state index contributed by atoms with van der Waals surface area (Å²) < 4.78 is 5.30. The number of nitriles is 1. The maximum absolute atomic E-state index is 12.9. The van der Waals surface area contributed by atoms with Crippen LogP contribution in [0.2, 0.25) is 0 Å². The summed E-state index contributed by atoms with van der Waals surface area (Å²) in [5, 5.41) is 8.96. The van der Waals surface area contributed by atoms with Crippen molar-refractivity contribution in [1.29, 1.82) is 5.26 Å². The Kier molecular flexibility index (Phi) is 5.26. The number of carbonyl (C=O) groups excluding carboxylic acids is 1. The van der Waals surface area contributed by atoms with E-state index in [2.05, 4.69) is 28.0 Å². The van der Waals surface area contributed by atoms with Crippen molar-refractivity contribution in [3.8, 4) is 11.8 Å². The highest BCUT2D eigenvalue weighted by molar-refractivity contribution is 5.87. The highest BCUT2D eigenvalue weighted by Gasteiger charge is 2.49. The first-order valence-corrected chi connectivity index (χ1v) is 8.82. The topological polar surface area (TPSA) is 59.8 Å². The number of carbonyl (C=O) groups is 1. The van der Waals surface area contributed by atoms with Gasteiger partial charge in [0.2, 0.25) is 5.91 Å². The summed E-state index contributed by atoms with van der Waals surface area (Å²) in [7, 11) is 3.72. The Balaban J connectivity index is 1.65. The SMILES string of the molecule is COc1cccc(CN2CCC3(CC2)C(=O)N(CC#N)CCN3C)c1. The monoisotopic (exact) mass is 342 g/mol. The fourth-order valence-corrected chi connectivity index (χ4v) is 3.99. The first-order valence-electron chi connectivity index (χ1n) is 8.82. The quantitative estimate of drug-likeness (QED) is 0.773. The molecule has 6 heteroatoms. The van der Waals surface area contributed by atoms with E-state index in [1.54, 1.807) is 12.0 Å². The molecule has 3 rings (SSSR count). The number of amides is 1. The molecule has 0 saturated carbocycles. The Labute approximate surface area is 149 Å². The molecule has 6 nitrogen and oxygen atoms in total. The van der Waals surface area contributed by atoms with Crippen LogP contribution in [0, 0.1) is 11.3 Å². The number of methoxy groups -OCH3 is 1. The maximum Gasteiger partial charge on any atom is 0.244 e. The van der Waals surface area contributed by atoms with Crippen LogP contribution in [0.3, 0.4) is 0 Å². The number of rotatable bonds is 4. The lowest BCUT2D eigenvalue weighted by Crippen LogP contribution is -2.67. The van der Waals surface area contributed by atoms with E-state index in [1.165, 1.54) is 5.56 Å². The van der Waals surface area contributed by atoms with Crippen molar-refractivity contribution in [3.05, 3.63) is 29.8 Å². The van der Waals surface area contributed by atoms with Gasteiger partial charge in [-0.05, 0) is 37.6 Å². The largest absolute Gasteiger partial charge is 0.497 e. The third-order valence-corrected chi connectivity index (χ3v) is 5.61. The molecule has 2 aliphatic heterocycles. The Morgan fingerprint density at radius 3 is 2.68 bits per heavy atom. The second kappa shape index (κ2) is 7.42. The number of piperazine rings is 1. The van der Waals surface area contributed by atoms with Crippen LogP contribution in [-0.4, -0.2) is 73.0 Å². The van der Waals surface area contributed by atoms with Crippen LogP contribution in [0.5, 0.6) is 5.75 Å². The van der Waals surface area contributed by atoms with Crippen molar-refractivity contribution in [3.63, 3.8) is 0 Å². The summed E-state index contributed by atoms with van der Waals surface area (Å²) in [6, 6.07) is 10.3. The van der Waals surface area contributed by atoms with Gasteiger partial charge >= 0.3 is 0 Å². The normalized spacial score (nSPS) is 21.3. The highest BCUT2D eigenvalue weighted by atomic mass is 16.5. The molecular formula is C19H26N4O2. The highest BCUT2D eigenvalue weighted by Crippen LogP contribution is 2.33. The zero-order valence-electron chi connectivity index (χ0n) is 15.1. The number of likely N-dealkylation sites (tertiary alicyclic amines) is 1. The van der Waals surface area contributed by atoms with Crippen molar-refractivity contribution in [2.45, 2.75) is 24.9 Å². The zero-order chi connectivity index (χ0) is 17.9. The molecule has 2 aliphatic rings. The molecule has 0 radical (unpaired) electrons. The van der Waals surface area contributed by atoms with Gasteiger partial charge in [0.1, 0.15) is 17.8 Å². The Bertz CT molecular complexity index is 662. The third kappa shape index (κ3) is 3.48. The Morgan fingerprint density at radius 2 is 2.00 bits per heavy atom. The van der Waals surface area contributed by atoms with E-state index < -0.39 is 5.54 Å². The van der Waals surface area contributed by atoms with Gasteiger partial charge in [0.05, 0.1) is 13.2 Å². The first kappa shape index (κ1) is 17.7. The molecule has 0 N–H and O–H groups in total. The molecule has 0 unspecified atom stereocenters. The average Bonchev–Trinajstić information content (AvgIpc) is 2.64. The Morgan fingerprint density at radius 1 is 1.24 bits per heavy atom. The lowest BCUT2D eigenvalue weighted by molar-refractivity contribution is -0.153. The number of hydrogen-bond acceptors (Lipinski definition) is 5. The van der Waals surface area contributed by atoms with Gasteiger partial charge in [-0.3, -0.25) is 14.6 Å². The van der Waals surface area contributed by atoms with E-state index in [9.17, 15) is 4.79 Å². The maximum atomic E-state index is 12.9. The molecule has 0 aliphatic carbocycles. The second-order valence-corrected chi connectivity index (χ2v) is 6.97. The minimum absolute atomic E-state index is 0.129. The van der Waals surface area contributed by atoms with Crippen LogP contribution >= 0.6 is 0 Å². The molecule has 0 bridgehead atoms. The molecule has 134 valence electrons. The van der Waals surface area contributed by atoms with Crippen molar-refractivity contribution >= 4 is 5.91 Å². The second-order valence-electron chi connectivity index (χ2n) is 6.97. The van der Waals surface area contributed by atoms with Gasteiger partial charge in [-0.25, -0.2) is 0 Å². The lowest BCUT2D eigenvalue weighted by atomic mass is 9.82. The number of benzene rings is 1. The van der Waals surface area contributed by atoms with Crippen LogP contribution in [0.25, 0.3) is 0 Å². The van der Waals surface area contributed by atoms with E-state index >= 15 is 0 Å². The molecular weight excluding hydrogens is 316 g/mol. The number of ether oxygens (including phenoxy) is 1. The summed E-state index contributed by atoms with van der Waals surface area (Å²) in [4.78, 5) is 19.3.